The zero-order valence-corrected chi connectivity index (χ0v) is 20.7. The van der Waals surface area contributed by atoms with Gasteiger partial charge in [0.15, 0.2) is 0 Å². The van der Waals surface area contributed by atoms with E-state index in [4.69, 9.17) is 20.4 Å². The van der Waals surface area contributed by atoms with Crippen LogP contribution in [0.5, 0.6) is 0 Å². The second-order valence-electron chi connectivity index (χ2n) is 4.00. The van der Waals surface area contributed by atoms with Gasteiger partial charge in [0, 0.05) is 124 Å². The summed E-state index contributed by atoms with van der Waals surface area (Å²) >= 11 is 0. The largest absolute Gasteiger partial charge is 0.480 e. The van der Waals surface area contributed by atoms with E-state index in [1.165, 1.54) is 0 Å². The molecule has 0 aromatic rings. The first-order valence-corrected chi connectivity index (χ1v) is 5.52. The van der Waals surface area contributed by atoms with Gasteiger partial charge in [-0.2, -0.15) is 0 Å². The first-order chi connectivity index (χ1) is 9.20. The number of hydrogen-bond donors (Lipinski definition) is 4. The maximum atomic E-state index is 10.6. The first kappa shape index (κ1) is 32.1. The summed E-state index contributed by atoms with van der Waals surface area (Å²) < 4.78 is 0. The molecule has 0 amide bonds. The molecule has 0 saturated carbocycles. The number of aliphatic carboxylic acids is 4. The predicted molar refractivity (Wildman–Crippen MR) is 80.7 cm³/mol. The van der Waals surface area contributed by atoms with Gasteiger partial charge in [-0.05, 0) is 0 Å². The van der Waals surface area contributed by atoms with Gasteiger partial charge < -0.3 is 20.4 Å². The summed E-state index contributed by atoms with van der Waals surface area (Å²) in [6, 6.07) is 0. The molecule has 0 aliphatic carbocycles. The zero-order valence-electron chi connectivity index (χ0n) is 13.6. The molecule has 0 aliphatic heterocycles. The van der Waals surface area contributed by atoms with E-state index in [9.17, 15) is 19.2 Å². The molecule has 0 heterocycles. The number of rotatable bonds is 11. The molecule has 0 spiro atoms. The number of carboxylic acids is 4. The van der Waals surface area contributed by atoms with Crippen molar-refractivity contribution >= 4 is 134 Å². The topological polar surface area (TPSA) is 156 Å². The third-order valence-corrected chi connectivity index (χ3v) is 2.17. The van der Waals surface area contributed by atoms with Gasteiger partial charge in [0.25, 0.3) is 0 Å². The molecule has 0 rings (SSSR count). The molecule has 3 radical (unpaired) electrons. The summed E-state index contributed by atoms with van der Waals surface area (Å²) in [6.07, 6.45) is 0. The predicted octanol–water partition coefficient (Wildman–Crippen LogP) is -3.21. The molecule has 117 valence electrons. The van der Waals surface area contributed by atoms with Gasteiger partial charge in [-0.15, -0.1) is 0 Å². The molecule has 0 fully saturated rings. The number of nitrogens with zero attached hydrogens (tertiary/aromatic N) is 2. The summed E-state index contributed by atoms with van der Waals surface area (Å²) in [5.74, 6) is -4.91. The van der Waals surface area contributed by atoms with Crippen molar-refractivity contribution in [1.29, 1.82) is 0 Å². The van der Waals surface area contributed by atoms with E-state index in [0.29, 0.717) is 0 Å². The van der Waals surface area contributed by atoms with E-state index < -0.39 is 50.1 Å². The third kappa shape index (κ3) is 21.4. The number of carbonyl (C=O) groups is 4. The van der Waals surface area contributed by atoms with Crippen molar-refractivity contribution in [2.75, 3.05) is 39.3 Å². The maximum absolute atomic E-state index is 10.6. The van der Waals surface area contributed by atoms with Crippen LogP contribution in [-0.4, -0.2) is 204 Å². The minimum atomic E-state index is -1.23. The van der Waals surface area contributed by atoms with Crippen LogP contribution in [0.25, 0.3) is 0 Å². The van der Waals surface area contributed by atoms with Crippen molar-refractivity contribution < 1.29 is 39.6 Å². The molecule has 0 aromatic carbocycles. The van der Waals surface area contributed by atoms with Crippen LogP contribution in [-0.2, 0) is 19.2 Å². The molecule has 23 heavy (non-hydrogen) atoms. The van der Waals surface area contributed by atoms with Crippen molar-refractivity contribution in [1.82, 2.24) is 9.80 Å². The molecule has 0 unspecified atom stereocenters. The summed E-state index contributed by atoms with van der Waals surface area (Å²) in [6.45, 7) is -2.25. The zero-order chi connectivity index (χ0) is 15.7. The van der Waals surface area contributed by atoms with Gasteiger partial charge >= 0.3 is 23.9 Å². The van der Waals surface area contributed by atoms with E-state index in [1.807, 2.05) is 0 Å². The van der Waals surface area contributed by atoms with Crippen molar-refractivity contribution in [2.45, 2.75) is 0 Å². The van der Waals surface area contributed by atoms with Crippen LogP contribution >= 0.6 is 0 Å². The van der Waals surface area contributed by atoms with Crippen LogP contribution in [0.3, 0.4) is 0 Å². The Bertz CT molecular complexity index is 331. The van der Waals surface area contributed by atoms with E-state index in [1.54, 1.807) is 0 Å². The Morgan fingerprint density at radius 1 is 0.565 bits per heavy atom. The van der Waals surface area contributed by atoms with Crippen LogP contribution in [0.4, 0.5) is 0 Å². The number of hydrogen-bond acceptors (Lipinski definition) is 6. The van der Waals surface area contributed by atoms with Crippen LogP contribution in [0.1, 0.15) is 0 Å². The molecule has 0 atom stereocenters. The van der Waals surface area contributed by atoms with Crippen LogP contribution in [0.15, 0.2) is 0 Å². The summed E-state index contributed by atoms with van der Waals surface area (Å²) in [5, 5.41) is 34.5. The van der Waals surface area contributed by atoms with Crippen molar-refractivity contribution in [2.24, 2.45) is 0 Å². The SMILES string of the molecule is O=C(O)CN(CCN(CC(=O)O)CC(=O)O)CC(=O)O.[K].[Na].[Na]. The summed E-state index contributed by atoms with van der Waals surface area (Å²) in [4.78, 5) is 44.4. The van der Waals surface area contributed by atoms with Crippen molar-refractivity contribution in [3.05, 3.63) is 0 Å². The molecule has 4 N–H and O–H groups in total. The van der Waals surface area contributed by atoms with Gasteiger partial charge in [-0.3, -0.25) is 29.0 Å². The minimum Gasteiger partial charge on any atom is -0.480 e. The molecule has 0 aliphatic rings. The Morgan fingerprint density at radius 2 is 0.739 bits per heavy atom. The van der Waals surface area contributed by atoms with Gasteiger partial charge in [-0.1, -0.05) is 0 Å². The van der Waals surface area contributed by atoms with E-state index >= 15 is 0 Å². The molecule has 13 heteroatoms. The molecule has 0 bridgehead atoms. The molecule has 10 nitrogen and oxygen atoms in total. The first-order valence-electron chi connectivity index (χ1n) is 5.52. The second-order valence-corrected chi connectivity index (χ2v) is 4.00. The normalized spacial score (nSPS) is 9.30. The standard InChI is InChI=1S/C10H16N2O8.K.2Na/c13-7(14)3-11(4-8(15)16)1-2-12(5-9(17)18)6-10(19)20;;;/h1-6H2,(H,13,14)(H,15,16)(H,17,18)(H,19,20);;;. The van der Waals surface area contributed by atoms with E-state index in [2.05, 4.69) is 0 Å². The Morgan fingerprint density at radius 3 is 0.870 bits per heavy atom. The Labute approximate surface area is 219 Å². The van der Waals surface area contributed by atoms with Crippen LogP contribution < -0.4 is 0 Å². The maximum Gasteiger partial charge on any atom is 0.317 e. The van der Waals surface area contributed by atoms with Gasteiger partial charge in [0.1, 0.15) is 0 Å². The average molecular weight is 377 g/mol. The van der Waals surface area contributed by atoms with Gasteiger partial charge in [-0.25, -0.2) is 0 Å². The fourth-order valence-electron chi connectivity index (χ4n) is 1.48. The quantitative estimate of drug-likeness (QED) is 0.270. The number of carboxylic acid groups (broad SMARTS) is 4. The van der Waals surface area contributed by atoms with Gasteiger partial charge in [0.05, 0.1) is 26.2 Å². The third-order valence-electron chi connectivity index (χ3n) is 2.17. The molecule has 0 saturated heterocycles. The van der Waals surface area contributed by atoms with Crippen molar-refractivity contribution in [3.8, 4) is 0 Å². The van der Waals surface area contributed by atoms with Crippen molar-refractivity contribution in [3.63, 3.8) is 0 Å². The summed E-state index contributed by atoms with van der Waals surface area (Å²) in [7, 11) is 0. The van der Waals surface area contributed by atoms with Crippen LogP contribution in [0, 0.1) is 0 Å². The second kappa shape index (κ2) is 18.2. The average Bonchev–Trinajstić information content (AvgIpc) is 2.22. The van der Waals surface area contributed by atoms with Gasteiger partial charge in [0.2, 0.25) is 0 Å². The fraction of sp³-hybridized carbons (Fsp3) is 0.600. The minimum absolute atomic E-state index is 0. The fourth-order valence-corrected chi connectivity index (χ4v) is 1.48. The van der Waals surface area contributed by atoms with Crippen LogP contribution in [0.2, 0.25) is 0 Å². The Kier molecular flexibility index (Phi) is 25.5. The molecule has 0 aromatic heterocycles. The molecular formula is C10H16KN2Na2O8. The smallest absolute Gasteiger partial charge is 0.317 e. The summed E-state index contributed by atoms with van der Waals surface area (Å²) in [5.41, 5.74) is 0. The Hall–Kier alpha value is 1.44. The van der Waals surface area contributed by atoms with E-state index in [0.717, 1.165) is 9.80 Å². The van der Waals surface area contributed by atoms with E-state index in [-0.39, 0.29) is 124 Å². The molecular weight excluding hydrogens is 361 g/mol. The monoisotopic (exact) mass is 377 g/mol. The Balaban J connectivity index is -0.000000602.